The predicted octanol–water partition coefficient (Wildman–Crippen LogP) is 2.83. The van der Waals surface area contributed by atoms with E-state index >= 15 is 0 Å². The van der Waals surface area contributed by atoms with Crippen LogP contribution in [0.15, 0.2) is 24.3 Å². The molecular weight excluding hydrogens is 282 g/mol. The number of nitrogens with one attached hydrogen (secondary N) is 3. The van der Waals surface area contributed by atoms with Gasteiger partial charge >= 0.3 is 6.03 Å². The third-order valence-electron chi connectivity index (χ3n) is 2.67. The van der Waals surface area contributed by atoms with Gasteiger partial charge in [-0.1, -0.05) is 13.8 Å². The van der Waals surface area contributed by atoms with Gasteiger partial charge in [-0.05, 0) is 36.6 Å². The van der Waals surface area contributed by atoms with Gasteiger partial charge in [-0.25, -0.2) is 4.79 Å². The first-order valence-electron chi connectivity index (χ1n) is 7.47. The highest BCUT2D eigenvalue weighted by Gasteiger charge is 2.02. The Kier molecular flexibility index (Phi) is 7.99. The summed E-state index contributed by atoms with van der Waals surface area (Å²) in [6, 6.07) is 6.68. The summed E-state index contributed by atoms with van der Waals surface area (Å²) in [5.74, 6) is 0.398. The summed E-state index contributed by atoms with van der Waals surface area (Å²) in [5, 5.41) is 8.16. The number of ether oxygens (including phenoxy) is 1. The first kappa shape index (κ1) is 18.0. The molecule has 0 saturated heterocycles. The molecular formula is C16H25N3O3. The summed E-state index contributed by atoms with van der Waals surface area (Å²) >= 11 is 0. The van der Waals surface area contributed by atoms with Gasteiger partial charge in [-0.15, -0.1) is 0 Å². The quantitative estimate of drug-likeness (QED) is 0.646. The molecule has 3 amide bonds. The second-order valence-electron chi connectivity index (χ2n) is 5.46. The molecule has 1 rings (SSSR count). The van der Waals surface area contributed by atoms with Gasteiger partial charge in [-0.3, -0.25) is 4.79 Å². The van der Waals surface area contributed by atoms with Crippen molar-refractivity contribution < 1.29 is 14.3 Å². The lowest BCUT2D eigenvalue weighted by Crippen LogP contribution is -2.30. The molecule has 0 saturated carbocycles. The van der Waals surface area contributed by atoms with Crippen LogP contribution in [0.1, 0.15) is 27.2 Å². The van der Waals surface area contributed by atoms with Crippen molar-refractivity contribution in [1.82, 2.24) is 5.32 Å². The number of anilines is 2. The van der Waals surface area contributed by atoms with Gasteiger partial charge < -0.3 is 20.7 Å². The van der Waals surface area contributed by atoms with Gasteiger partial charge in [0.2, 0.25) is 5.91 Å². The summed E-state index contributed by atoms with van der Waals surface area (Å²) in [7, 11) is 0. The lowest BCUT2D eigenvalue weighted by molar-refractivity contribution is -0.114. The van der Waals surface area contributed by atoms with Crippen molar-refractivity contribution in [2.45, 2.75) is 27.2 Å². The highest BCUT2D eigenvalue weighted by molar-refractivity contribution is 5.91. The maximum atomic E-state index is 11.7. The molecule has 0 radical (unpaired) electrons. The number of benzene rings is 1. The summed E-state index contributed by atoms with van der Waals surface area (Å²) in [4.78, 5) is 22.6. The van der Waals surface area contributed by atoms with Gasteiger partial charge in [-0.2, -0.15) is 0 Å². The van der Waals surface area contributed by atoms with Crippen molar-refractivity contribution in [3.63, 3.8) is 0 Å². The molecule has 0 aliphatic carbocycles. The Morgan fingerprint density at radius 1 is 1.09 bits per heavy atom. The van der Waals surface area contributed by atoms with Gasteiger partial charge in [0.05, 0.1) is 0 Å². The molecule has 6 nitrogen and oxygen atoms in total. The number of hydrogen-bond donors (Lipinski definition) is 3. The molecule has 0 atom stereocenters. The van der Waals surface area contributed by atoms with Crippen LogP contribution in [0.5, 0.6) is 0 Å². The van der Waals surface area contributed by atoms with Gasteiger partial charge in [0, 0.05) is 38.1 Å². The normalized spacial score (nSPS) is 10.4. The predicted molar refractivity (Wildman–Crippen MR) is 88.0 cm³/mol. The second-order valence-corrected chi connectivity index (χ2v) is 5.46. The van der Waals surface area contributed by atoms with Crippen LogP contribution in [0.2, 0.25) is 0 Å². The van der Waals surface area contributed by atoms with E-state index in [-0.39, 0.29) is 11.9 Å². The zero-order chi connectivity index (χ0) is 16.4. The Hall–Kier alpha value is -2.08. The Morgan fingerprint density at radius 3 is 2.23 bits per heavy atom. The zero-order valence-corrected chi connectivity index (χ0v) is 13.4. The highest BCUT2D eigenvalue weighted by atomic mass is 16.5. The lowest BCUT2D eigenvalue weighted by atomic mass is 10.2. The zero-order valence-electron chi connectivity index (χ0n) is 13.4. The van der Waals surface area contributed by atoms with Crippen molar-refractivity contribution in [2.75, 3.05) is 30.4 Å². The minimum Gasteiger partial charge on any atom is -0.381 e. The molecule has 0 fully saturated rings. The van der Waals surface area contributed by atoms with E-state index in [0.717, 1.165) is 13.0 Å². The topological polar surface area (TPSA) is 79.5 Å². The summed E-state index contributed by atoms with van der Waals surface area (Å²) in [6.45, 7) is 7.60. The maximum Gasteiger partial charge on any atom is 0.319 e. The Bertz CT molecular complexity index is 472. The van der Waals surface area contributed by atoms with Crippen LogP contribution in [0, 0.1) is 5.92 Å². The van der Waals surface area contributed by atoms with Gasteiger partial charge in [0.25, 0.3) is 0 Å². The van der Waals surface area contributed by atoms with Crippen molar-refractivity contribution in [3.8, 4) is 0 Å². The van der Waals surface area contributed by atoms with Crippen LogP contribution in [-0.4, -0.2) is 31.7 Å². The van der Waals surface area contributed by atoms with Crippen LogP contribution < -0.4 is 16.0 Å². The summed E-state index contributed by atoms with van der Waals surface area (Å²) in [6.07, 6.45) is 0.779. The van der Waals surface area contributed by atoms with E-state index in [4.69, 9.17) is 4.74 Å². The SMILES string of the molecule is CC(=O)Nc1ccc(NC(=O)NCCCOCC(C)C)cc1. The Morgan fingerprint density at radius 2 is 1.68 bits per heavy atom. The van der Waals surface area contributed by atoms with E-state index in [1.807, 2.05) is 0 Å². The minimum absolute atomic E-state index is 0.127. The molecule has 3 N–H and O–H groups in total. The van der Waals surface area contributed by atoms with Crippen LogP contribution in [0.3, 0.4) is 0 Å². The van der Waals surface area contributed by atoms with E-state index < -0.39 is 0 Å². The van der Waals surface area contributed by atoms with E-state index in [1.165, 1.54) is 6.92 Å². The van der Waals surface area contributed by atoms with Crippen LogP contribution in [0.4, 0.5) is 16.2 Å². The van der Waals surface area contributed by atoms with E-state index in [1.54, 1.807) is 24.3 Å². The van der Waals surface area contributed by atoms with Crippen molar-refractivity contribution in [1.29, 1.82) is 0 Å². The lowest BCUT2D eigenvalue weighted by Gasteiger charge is -2.09. The number of carbonyl (C=O) groups excluding carboxylic acids is 2. The fourth-order valence-corrected chi connectivity index (χ4v) is 1.71. The molecule has 122 valence electrons. The van der Waals surface area contributed by atoms with Crippen LogP contribution in [-0.2, 0) is 9.53 Å². The Balaban J connectivity index is 2.20. The van der Waals surface area contributed by atoms with Crippen molar-refractivity contribution in [3.05, 3.63) is 24.3 Å². The van der Waals surface area contributed by atoms with Crippen molar-refractivity contribution >= 4 is 23.3 Å². The second kappa shape index (κ2) is 9.78. The molecule has 0 bridgehead atoms. The smallest absolute Gasteiger partial charge is 0.319 e. The average Bonchev–Trinajstić information content (AvgIpc) is 2.44. The Labute approximate surface area is 131 Å². The first-order chi connectivity index (χ1) is 10.5. The summed E-state index contributed by atoms with van der Waals surface area (Å²) < 4.78 is 5.43. The molecule has 0 heterocycles. The number of amides is 3. The molecule has 1 aromatic rings. The van der Waals surface area contributed by atoms with Gasteiger partial charge in [0.15, 0.2) is 0 Å². The molecule has 0 aliphatic heterocycles. The van der Waals surface area contributed by atoms with Crippen LogP contribution in [0.25, 0.3) is 0 Å². The molecule has 6 heteroatoms. The first-order valence-corrected chi connectivity index (χ1v) is 7.47. The third kappa shape index (κ3) is 8.26. The molecule has 0 unspecified atom stereocenters. The number of rotatable bonds is 8. The molecule has 0 aromatic heterocycles. The fraction of sp³-hybridized carbons (Fsp3) is 0.500. The van der Waals surface area contributed by atoms with E-state index in [9.17, 15) is 9.59 Å². The third-order valence-corrected chi connectivity index (χ3v) is 2.67. The number of hydrogen-bond acceptors (Lipinski definition) is 3. The number of carbonyl (C=O) groups is 2. The fourth-order valence-electron chi connectivity index (χ4n) is 1.71. The molecule has 0 aliphatic rings. The standard InChI is InChI=1S/C16H25N3O3/c1-12(2)11-22-10-4-9-17-16(21)19-15-7-5-14(6-8-15)18-13(3)20/h5-8,12H,4,9-11H2,1-3H3,(H,18,20)(H2,17,19,21). The maximum absolute atomic E-state index is 11.7. The van der Waals surface area contributed by atoms with Crippen molar-refractivity contribution in [2.24, 2.45) is 5.92 Å². The molecule has 1 aromatic carbocycles. The average molecular weight is 307 g/mol. The largest absolute Gasteiger partial charge is 0.381 e. The number of urea groups is 1. The highest BCUT2D eigenvalue weighted by Crippen LogP contribution is 2.13. The minimum atomic E-state index is -0.254. The summed E-state index contributed by atoms with van der Waals surface area (Å²) in [5.41, 5.74) is 1.36. The molecule has 0 spiro atoms. The van der Waals surface area contributed by atoms with Crippen LogP contribution >= 0.6 is 0 Å². The van der Waals surface area contributed by atoms with E-state index in [2.05, 4.69) is 29.8 Å². The van der Waals surface area contributed by atoms with Gasteiger partial charge in [0.1, 0.15) is 0 Å². The monoisotopic (exact) mass is 307 g/mol. The molecule has 22 heavy (non-hydrogen) atoms. The van der Waals surface area contributed by atoms with E-state index in [0.29, 0.717) is 30.4 Å².